The van der Waals surface area contributed by atoms with Crippen LogP contribution in [0.5, 0.6) is 5.75 Å². The fourth-order valence-electron chi connectivity index (χ4n) is 4.23. The molecule has 0 aliphatic carbocycles. The second kappa shape index (κ2) is 12.5. The number of aromatic nitrogens is 2. The quantitative estimate of drug-likeness (QED) is 0.209. The number of nitrogens with zero attached hydrogens (tertiary/aromatic N) is 2. The Morgan fingerprint density at radius 2 is 1.89 bits per heavy atom. The Kier molecular flexibility index (Phi) is 8.96. The highest BCUT2D eigenvalue weighted by Crippen LogP contribution is 2.22. The molecule has 2 heterocycles. The topological polar surface area (TPSA) is 56.1 Å². The predicted molar refractivity (Wildman–Crippen MR) is 145 cm³/mol. The van der Waals surface area contributed by atoms with Crippen LogP contribution in [0.15, 0.2) is 66.0 Å². The van der Waals surface area contributed by atoms with Gasteiger partial charge in [0.15, 0.2) is 0 Å². The van der Waals surface area contributed by atoms with Crippen molar-refractivity contribution in [3.8, 4) is 5.75 Å². The molecule has 1 unspecified atom stereocenters. The molecule has 0 spiro atoms. The van der Waals surface area contributed by atoms with E-state index in [9.17, 15) is 4.79 Å². The molecule has 35 heavy (non-hydrogen) atoms. The Morgan fingerprint density at radius 1 is 1.06 bits per heavy atom. The summed E-state index contributed by atoms with van der Waals surface area (Å²) in [6.45, 7) is 6.54. The number of ether oxygens (including phenoxy) is 1. The highest BCUT2D eigenvalue weighted by Gasteiger charge is 2.11. The van der Waals surface area contributed by atoms with Crippen molar-refractivity contribution >= 4 is 28.3 Å². The largest absolute Gasteiger partial charge is 0.492 e. The molecule has 0 bridgehead atoms. The third kappa shape index (κ3) is 6.73. The van der Waals surface area contributed by atoms with Gasteiger partial charge >= 0.3 is 0 Å². The molecule has 4 aromatic rings. The number of imidazole rings is 1. The SMILES string of the molecule is CCC(C)c1ccc(OCCn2c(CCCCCNC(=O)c3cccs3)nc3ccccc32)cc1. The molecule has 184 valence electrons. The molecule has 0 aliphatic rings. The van der Waals surface area contributed by atoms with Crippen LogP contribution in [-0.4, -0.2) is 28.6 Å². The van der Waals surface area contributed by atoms with E-state index in [1.54, 1.807) is 0 Å². The highest BCUT2D eigenvalue weighted by molar-refractivity contribution is 7.12. The number of thiophene rings is 1. The number of aryl methyl sites for hydroxylation is 1. The molecule has 2 aromatic carbocycles. The maximum absolute atomic E-state index is 12.0. The van der Waals surface area contributed by atoms with Crippen LogP contribution in [0.3, 0.4) is 0 Å². The molecule has 0 saturated carbocycles. The Hall–Kier alpha value is -3.12. The molecular formula is C29H35N3O2S. The number of amides is 1. The van der Waals surface area contributed by atoms with E-state index in [0.717, 1.165) is 66.1 Å². The van der Waals surface area contributed by atoms with Crippen LogP contribution in [0.1, 0.15) is 66.5 Å². The molecule has 6 heteroatoms. The van der Waals surface area contributed by atoms with E-state index in [1.807, 2.05) is 23.6 Å². The molecular weight excluding hydrogens is 454 g/mol. The smallest absolute Gasteiger partial charge is 0.261 e. The fraction of sp³-hybridized carbons (Fsp3) is 0.379. The first-order valence-corrected chi connectivity index (χ1v) is 13.5. The number of carbonyl (C=O) groups excluding carboxylic acids is 1. The van der Waals surface area contributed by atoms with Gasteiger partial charge in [0, 0.05) is 13.0 Å². The summed E-state index contributed by atoms with van der Waals surface area (Å²) in [4.78, 5) is 17.7. The Bertz CT molecular complexity index is 1200. The van der Waals surface area contributed by atoms with Crippen molar-refractivity contribution in [3.63, 3.8) is 0 Å². The van der Waals surface area contributed by atoms with Crippen LogP contribution < -0.4 is 10.1 Å². The summed E-state index contributed by atoms with van der Waals surface area (Å²) in [6, 6.07) is 20.6. The van der Waals surface area contributed by atoms with Gasteiger partial charge in [-0.1, -0.05) is 50.6 Å². The van der Waals surface area contributed by atoms with Crippen LogP contribution in [0, 0.1) is 0 Å². The first-order chi connectivity index (χ1) is 17.2. The number of unbranched alkanes of at least 4 members (excludes halogenated alkanes) is 2. The van der Waals surface area contributed by atoms with Gasteiger partial charge in [-0.15, -0.1) is 11.3 Å². The zero-order valence-corrected chi connectivity index (χ0v) is 21.5. The number of carbonyl (C=O) groups is 1. The second-order valence-corrected chi connectivity index (χ2v) is 9.89. The molecule has 5 nitrogen and oxygen atoms in total. The molecule has 4 rings (SSSR count). The monoisotopic (exact) mass is 489 g/mol. The normalized spacial score (nSPS) is 12.1. The Morgan fingerprint density at radius 3 is 2.66 bits per heavy atom. The van der Waals surface area contributed by atoms with Crippen molar-refractivity contribution in [1.82, 2.24) is 14.9 Å². The molecule has 0 radical (unpaired) electrons. The first-order valence-electron chi connectivity index (χ1n) is 12.6. The third-order valence-corrected chi connectivity index (χ3v) is 7.36. The van der Waals surface area contributed by atoms with Crippen molar-refractivity contribution in [2.75, 3.05) is 13.2 Å². The van der Waals surface area contributed by atoms with Crippen molar-refractivity contribution in [3.05, 3.63) is 82.3 Å². The maximum atomic E-state index is 12.0. The lowest BCUT2D eigenvalue weighted by molar-refractivity contribution is 0.0957. The predicted octanol–water partition coefficient (Wildman–Crippen LogP) is 6.83. The van der Waals surface area contributed by atoms with Gasteiger partial charge in [-0.3, -0.25) is 4.79 Å². The van der Waals surface area contributed by atoms with Crippen LogP contribution >= 0.6 is 11.3 Å². The van der Waals surface area contributed by atoms with Crippen molar-refractivity contribution in [1.29, 1.82) is 0 Å². The first kappa shape index (κ1) is 25.0. The highest BCUT2D eigenvalue weighted by atomic mass is 32.1. The molecule has 2 aromatic heterocycles. The molecule has 1 amide bonds. The fourth-order valence-corrected chi connectivity index (χ4v) is 4.87. The average Bonchev–Trinajstić information content (AvgIpc) is 3.55. The number of para-hydroxylation sites is 2. The zero-order chi connectivity index (χ0) is 24.5. The summed E-state index contributed by atoms with van der Waals surface area (Å²) in [5, 5.41) is 4.93. The minimum absolute atomic E-state index is 0.0244. The Balaban J connectivity index is 1.27. The van der Waals surface area contributed by atoms with Gasteiger partial charge < -0.3 is 14.6 Å². The number of rotatable bonds is 13. The summed E-state index contributed by atoms with van der Waals surface area (Å²) in [6.07, 6.45) is 5.10. The van der Waals surface area contributed by atoms with E-state index in [0.29, 0.717) is 19.1 Å². The van der Waals surface area contributed by atoms with E-state index in [2.05, 4.69) is 66.2 Å². The van der Waals surface area contributed by atoms with Crippen molar-refractivity contribution in [2.24, 2.45) is 0 Å². The molecule has 0 saturated heterocycles. The maximum Gasteiger partial charge on any atom is 0.261 e. The summed E-state index contributed by atoms with van der Waals surface area (Å²) in [7, 11) is 0. The van der Waals surface area contributed by atoms with Crippen molar-refractivity contribution in [2.45, 2.75) is 58.4 Å². The van der Waals surface area contributed by atoms with Crippen LogP contribution in [0.25, 0.3) is 11.0 Å². The lowest BCUT2D eigenvalue weighted by atomic mass is 9.99. The molecule has 1 atom stereocenters. The summed E-state index contributed by atoms with van der Waals surface area (Å²) >= 11 is 1.47. The van der Waals surface area contributed by atoms with Gasteiger partial charge in [0.05, 0.1) is 22.5 Å². The molecule has 0 fully saturated rings. The number of fused-ring (bicyclic) bond motifs is 1. The van der Waals surface area contributed by atoms with E-state index >= 15 is 0 Å². The lowest BCUT2D eigenvalue weighted by Crippen LogP contribution is -2.23. The minimum atomic E-state index is 0.0244. The van der Waals surface area contributed by atoms with E-state index in [-0.39, 0.29) is 5.91 Å². The van der Waals surface area contributed by atoms with Gasteiger partial charge in [0.25, 0.3) is 5.91 Å². The Labute approximate surface area is 212 Å². The van der Waals surface area contributed by atoms with E-state index in [4.69, 9.17) is 9.72 Å². The zero-order valence-electron chi connectivity index (χ0n) is 20.7. The number of hydrogen-bond donors (Lipinski definition) is 1. The van der Waals surface area contributed by atoms with Crippen LogP contribution in [0.4, 0.5) is 0 Å². The minimum Gasteiger partial charge on any atom is -0.492 e. The second-order valence-electron chi connectivity index (χ2n) is 8.94. The number of hydrogen-bond acceptors (Lipinski definition) is 4. The van der Waals surface area contributed by atoms with Gasteiger partial charge in [-0.05, 0) is 66.5 Å². The molecule has 0 aliphatic heterocycles. The van der Waals surface area contributed by atoms with Crippen LogP contribution in [0.2, 0.25) is 0 Å². The van der Waals surface area contributed by atoms with Crippen molar-refractivity contribution < 1.29 is 9.53 Å². The average molecular weight is 490 g/mol. The standard InChI is InChI=1S/C29H35N3O2S/c1-3-22(2)23-14-16-24(17-15-23)34-20-19-32-26-11-7-6-10-25(26)31-28(32)13-5-4-8-18-30-29(33)27-12-9-21-35-27/h6-7,9-12,14-17,21-22H,3-5,8,13,18-20H2,1-2H3,(H,30,33). The van der Waals surface area contributed by atoms with Gasteiger partial charge in [-0.25, -0.2) is 4.98 Å². The van der Waals surface area contributed by atoms with Gasteiger partial charge in [0.2, 0.25) is 0 Å². The van der Waals surface area contributed by atoms with E-state index < -0.39 is 0 Å². The summed E-state index contributed by atoms with van der Waals surface area (Å²) in [5.41, 5.74) is 3.54. The summed E-state index contributed by atoms with van der Waals surface area (Å²) < 4.78 is 8.37. The van der Waals surface area contributed by atoms with Crippen LogP contribution in [-0.2, 0) is 13.0 Å². The lowest BCUT2D eigenvalue weighted by Gasteiger charge is -2.13. The van der Waals surface area contributed by atoms with E-state index in [1.165, 1.54) is 16.9 Å². The third-order valence-electron chi connectivity index (χ3n) is 6.49. The summed E-state index contributed by atoms with van der Waals surface area (Å²) in [5.74, 6) is 2.61. The molecule has 1 N–H and O–H groups in total. The number of benzene rings is 2. The van der Waals surface area contributed by atoms with Gasteiger partial charge in [0.1, 0.15) is 18.2 Å². The number of nitrogens with one attached hydrogen (secondary N) is 1. The van der Waals surface area contributed by atoms with Gasteiger partial charge in [-0.2, -0.15) is 0 Å².